The SMILES string of the molecule is c1nc(C2CCCC2)ncc1OCC1CCNC1. The van der Waals surface area contributed by atoms with Crippen molar-refractivity contribution in [3.8, 4) is 5.75 Å². The highest BCUT2D eigenvalue weighted by Gasteiger charge is 2.19. The van der Waals surface area contributed by atoms with Crippen LogP contribution in [0.1, 0.15) is 43.8 Å². The number of nitrogens with one attached hydrogen (secondary N) is 1. The van der Waals surface area contributed by atoms with Gasteiger partial charge in [0.1, 0.15) is 5.82 Å². The van der Waals surface area contributed by atoms with Crippen molar-refractivity contribution in [2.75, 3.05) is 19.7 Å². The number of ether oxygens (including phenoxy) is 1. The highest BCUT2D eigenvalue weighted by Crippen LogP contribution is 2.32. The summed E-state index contributed by atoms with van der Waals surface area (Å²) >= 11 is 0. The lowest BCUT2D eigenvalue weighted by Gasteiger charge is -2.11. The summed E-state index contributed by atoms with van der Waals surface area (Å²) < 4.78 is 5.74. The van der Waals surface area contributed by atoms with Crippen molar-refractivity contribution in [3.63, 3.8) is 0 Å². The van der Waals surface area contributed by atoms with Gasteiger partial charge in [-0.25, -0.2) is 9.97 Å². The maximum atomic E-state index is 5.74. The van der Waals surface area contributed by atoms with E-state index < -0.39 is 0 Å². The maximum Gasteiger partial charge on any atom is 0.155 e. The number of hydrogen-bond acceptors (Lipinski definition) is 4. The van der Waals surface area contributed by atoms with Crippen molar-refractivity contribution in [3.05, 3.63) is 18.2 Å². The number of aromatic nitrogens is 2. The van der Waals surface area contributed by atoms with Gasteiger partial charge in [0.15, 0.2) is 5.75 Å². The Balaban J connectivity index is 1.53. The Hall–Kier alpha value is -1.16. The first-order chi connectivity index (χ1) is 8.92. The zero-order valence-corrected chi connectivity index (χ0v) is 10.8. The highest BCUT2D eigenvalue weighted by molar-refractivity contribution is 5.14. The largest absolute Gasteiger partial charge is 0.490 e. The molecule has 18 heavy (non-hydrogen) atoms. The van der Waals surface area contributed by atoms with Gasteiger partial charge in [0.05, 0.1) is 19.0 Å². The van der Waals surface area contributed by atoms with Gasteiger partial charge in [0.25, 0.3) is 0 Å². The van der Waals surface area contributed by atoms with Crippen LogP contribution >= 0.6 is 0 Å². The molecule has 4 heteroatoms. The Kier molecular flexibility index (Phi) is 3.74. The second kappa shape index (κ2) is 5.65. The molecule has 0 spiro atoms. The fourth-order valence-electron chi connectivity index (χ4n) is 2.87. The molecule has 1 aromatic heterocycles. The number of rotatable bonds is 4. The third kappa shape index (κ3) is 2.80. The van der Waals surface area contributed by atoms with Crippen LogP contribution in [0.5, 0.6) is 5.75 Å². The minimum atomic E-state index is 0.582. The number of nitrogens with zero attached hydrogens (tertiary/aromatic N) is 2. The van der Waals surface area contributed by atoms with E-state index in [1.165, 1.54) is 32.1 Å². The molecule has 3 rings (SSSR count). The molecule has 1 saturated carbocycles. The van der Waals surface area contributed by atoms with Crippen LogP contribution in [0.2, 0.25) is 0 Å². The van der Waals surface area contributed by atoms with Crippen LogP contribution in [0, 0.1) is 5.92 Å². The molecule has 1 aliphatic carbocycles. The summed E-state index contributed by atoms with van der Waals surface area (Å²) in [5, 5.41) is 3.34. The molecule has 1 N–H and O–H groups in total. The molecule has 1 atom stereocenters. The lowest BCUT2D eigenvalue weighted by Crippen LogP contribution is -2.15. The summed E-state index contributed by atoms with van der Waals surface area (Å²) in [6.07, 6.45) is 10.0. The van der Waals surface area contributed by atoms with Gasteiger partial charge >= 0.3 is 0 Å². The van der Waals surface area contributed by atoms with Gasteiger partial charge in [-0.2, -0.15) is 0 Å². The molecule has 2 fully saturated rings. The van der Waals surface area contributed by atoms with Crippen LogP contribution in [-0.4, -0.2) is 29.7 Å². The van der Waals surface area contributed by atoms with Gasteiger partial charge in [-0.1, -0.05) is 12.8 Å². The predicted molar refractivity (Wildman–Crippen MR) is 69.7 cm³/mol. The summed E-state index contributed by atoms with van der Waals surface area (Å²) in [7, 11) is 0. The molecule has 1 aliphatic heterocycles. The lowest BCUT2D eigenvalue weighted by atomic mass is 10.1. The third-order valence-corrected chi connectivity index (χ3v) is 4.02. The Bertz CT molecular complexity index is 367. The minimum Gasteiger partial charge on any atom is -0.490 e. The van der Waals surface area contributed by atoms with Crippen LogP contribution in [0.15, 0.2) is 12.4 Å². The fourth-order valence-corrected chi connectivity index (χ4v) is 2.87. The zero-order valence-electron chi connectivity index (χ0n) is 10.8. The van der Waals surface area contributed by atoms with Crippen molar-refractivity contribution >= 4 is 0 Å². The van der Waals surface area contributed by atoms with E-state index in [2.05, 4.69) is 15.3 Å². The summed E-state index contributed by atoms with van der Waals surface area (Å²) in [6, 6.07) is 0. The summed E-state index contributed by atoms with van der Waals surface area (Å²) in [6.45, 7) is 2.96. The van der Waals surface area contributed by atoms with Crippen LogP contribution in [0.3, 0.4) is 0 Å². The molecule has 0 aromatic carbocycles. The van der Waals surface area contributed by atoms with Crippen LogP contribution in [0.4, 0.5) is 0 Å². The van der Waals surface area contributed by atoms with E-state index >= 15 is 0 Å². The van der Waals surface area contributed by atoms with Crippen molar-refractivity contribution in [2.24, 2.45) is 5.92 Å². The molecule has 1 unspecified atom stereocenters. The molecule has 2 heterocycles. The summed E-state index contributed by atoms with van der Waals surface area (Å²) in [5.74, 6) is 3.03. The van der Waals surface area contributed by atoms with Gasteiger partial charge in [-0.15, -0.1) is 0 Å². The first-order valence-electron chi connectivity index (χ1n) is 7.07. The van der Waals surface area contributed by atoms with E-state index in [0.717, 1.165) is 31.3 Å². The molecule has 0 bridgehead atoms. The monoisotopic (exact) mass is 247 g/mol. The maximum absolute atomic E-state index is 5.74. The van der Waals surface area contributed by atoms with E-state index in [1.807, 2.05) is 12.4 Å². The molecule has 0 radical (unpaired) electrons. The third-order valence-electron chi connectivity index (χ3n) is 4.02. The molecule has 0 amide bonds. The minimum absolute atomic E-state index is 0.582. The highest BCUT2D eigenvalue weighted by atomic mass is 16.5. The Morgan fingerprint density at radius 3 is 2.61 bits per heavy atom. The van der Waals surface area contributed by atoms with Gasteiger partial charge < -0.3 is 10.1 Å². The van der Waals surface area contributed by atoms with E-state index in [4.69, 9.17) is 4.74 Å². The molecule has 4 nitrogen and oxygen atoms in total. The van der Waals surface area contributed by atoms with Crippen molar-refractivity contribution in [2.45, 2.75) is 38.0 Å². The Labute approximate surface area is 108 Å². The van der Waals surface area contributed by atoms with Crippen molar-refractivity contribution < 1.29 is 4.74 Å². The predicted octanol–water partition coefficient (Wildman–Crippen LogP) is 2.12. The van der Waals surface area contributed by atoms with E-state index in [9.17, 15) is 0 Å². The van der Waals surface area contributed by atoms with E-state index in [0.29, 0.717) is 11.8 Å². The Morgan fingerprint density at radius 1 is 1.17 bits per heavy atom. The van der Waals surface area contributed by atoms with E-state index in [1.54, 1.807) is 0 Å². The second-order valence-corrected chi connectivity index (χ2v) is 5.43. The van der Waals surface area contributed by atoms with Crippen molar-refractivity contribution in [1.29, 1.82) is 0 Å². The van der Waals surface area contributed by atoms with E-state index in [-0.39, 0.29) is 0 Å². The average molecular weight is 247 g/mol. The molecular formula is C14H21N3O. The molecular weight excluding hydrogens is 226 g/mol. The fraction of sp³-hybridized carbons (Fsp3) is 0.714. The average Bonchev–Trinajstić information content (AvgIpc) is 3.10. The summed E-state index contributed by atoms with van der Waals surface area (Å²) in [5.41, 5.74) is 0. The smallest absolute Gasteiger partial charge is 0.155 e. The second-order valence-electron chi connectivity index (χ2n) is 5.43. The van der Waals surface area contributed by atoms with Gasteiger partial charge in [0.2, 0.25) is 0 Å². The summed E-state index contributed by atoms with van der Waals surface area (Å²) in [4.78, 5) is 8.91. The van der Waals surface area contributed by atoms with Crippen LogP contribution in [0.25, 0.3) is 0 Å². The zero-order chi connectivity index (χ0) is 12.2. The Morgan fingerprint density at radius 2 is 1.94 bits per heavy atom. The quantitative estimate of drug-likeness (QED) is 0.885. The lowest BCUT2D eigenvalue weighted by molar-refractivity contribution is 0.258. The van der Waals surface area contributed by atoms with Gasteiger partial charge in [0, 0.05) is 18.4 Å². The first kappa shape index (κ1) is 11.9. The molecule has 2 aliphatic rings. The number of hydrogen-bond donors (Lipinski definition) is 1. The molecule has 98 valence electrons. The standard InChI is InChI=1S/C14H21N3O/c1-2-4-12(3-1)14-16-8-13(9-17-14)18-10-11-5-6-15-7-11/h8-9,11-12,15H,1-7,10H2. The van der Waals surface area contributed by atoms with Crippen molar-refractivity contribution in [1.82, 2.24) is 15.3 Å². The first-order valence-corrected chi connectivity index (χ1v) is 7.07. The van der Waals surface area contributed by atoms with Crippen LogP contribution in [-0.2, 0) is 0 Å². The van der Waals surface area contributed by atoms with Crippen LogP contribution < -0.4 is 10.1 Å². The van der Waals surface area contributed by atoms with Gasteiger partial charge in [-0.05, 0) is 25.8 Å². The topological polar surface area (TPSA) is 47.0 Å². The van der Waals surface area contributed by atoms with Gasteiger partial charge in [-0.3, -0.25) is 0 Å². The normalized spacial score (nSPS) is 24.6. The molecule has 1 saturated heterocycles. The molecule has 1 aromatic rings.